The van der Waals surface area contributed by atoms with Crippen LogP contribution in [0.2, 0.25) is 0 Å². The van der Waals surface area contributed by atoms with Gasteiger partial charge in [0, 0.05) is 10.8 Å². The minimum Gasteiger partial charge on any atom is -0.282 e. The third-order valence-corrected chi connectivity index (χ3v) is 6.42. The van der Waals surface area contributed by atoms with Crippen LogP contribution in [-0.2, 0) is 6.18 Å². The molecule has 132 valence electrons. The molecule has 1 heterocycles. The number of rotatable bonds is 2. The van der Waals surface area contributed by atoms with Crippen molar-refractivity contribution >= 4 is 65.7 Å². The fourth-order valence-electron chi connectivity index (χ4n) is 2.85. The zero-order chi connectivity index (χ0) is 18.5. The number of hydrogen-bond donors (Lipinski definition) is 0. The Morgan fingerprint density at radius 3 is 2.08 bits per heavy atom. The number of anilines is 2. The lowest BCUT2D eigenvalue weighted by Gasteiger charge is -2.18. The molecular weight excluding hydrogens is 477 g/mol. The monoisotopic (exact) mass is 487 g/mol. The number of thiophene rings is 1. The lowest BCUT2D eigenvalue weighted by Crippen LogP contribution is -2.06. The Bertz CT molecular complexity index is 1100. The van der Waals surface area contributed by atoms with Crippen LogP contribution in [0.25, 0.3) is 20.2 Å². The van der Waals surface area contributed by atoms with Crippen LogP contribution in [0.15, 0.2) is 60.7 Å². The molecule has 26 heavy (non-hydrogen) atoms. The number of nitrogens with zero attached hydrogens (tertiary/aromatic N) is 1. The average Bonchev–Trinajstić information content (AvgIpc) is 3.01. The number of alkyl halides is 3. The van der Waals surface area contributed by atoms with Gasteiger partial charge in [-0.05, 0) is 36.4 Å². The topological polar surface area (TPSA) is 3.24 Å². The first-order valence-corrected chi connectivity index (χ1v) is 9.37. The van der Waals surface area contributed by atoms with Gasteiger partial charge in [-0.2, -0.15) is 13.2 Å². The third-order valence-electron chi connectivity index (χ3n) is 4.09. The summed E-state index contributed by atoms with van der Waals surface area (Å²) in [4.78, 5) is 0. The number of hydrogen-bond acceptors (Lipinski definition) is 2. The Morgan fingerprint density at radius 2 is 1.42 bits per heavy atom. The lowest BCUT2D eigenvalue weighted by atomic mass is 10.1. The van der Waals surface area contributed by atoms with Crippen molar-refractivity contribution in [3.05, 3.63) is 72.0 Å². The second-order valence-electron chi connectivity index (χ2n) is 5.70. The number of fused-ring (bicyclic) bond motifs is 3. The highest BCUT2D eigenvalue weighted by Gasteiger charge is 2.30. The van der Waals surface area contributed by atoms with Crippen molar-refractivity contribution in [2.75, 3.05) is 3.11 Å². The predicted molar refractivity (Wildman–Crippen MR) is 107 cm³/mol. The molecular formula is C19H10F4INS. The normalized spacial score (nSPS) is 12.0. The maximum atomic E-state index is 14.1. The molecule has 4 aromatic rings. The van der Waals surface area contributed by atoms with Crippen LogP contribution >= 0.6 is 34.2 Å². The summed E-state index contributed by atoms with van der Waals surface area (Å²) < 4.78 is 55.7. The molecule has 7 heteroatoms. The summed E-state index contributed by atoms with van der Waals surface area (Å²) in [5.41, 5.74) is 0.737. The van der Waals surface area contributed by atoms with E-state index in [1.165, 1.54) is 29.5 Å². The fraction of sp³-hybridized carbons (Fsp3) is 0.0526. The quantitative estimate of drug-likeness (QED) is 0.159. The van der Waals surface area contributed by atoms with E-state index < -0.39 is 11.7 Å². The molecule has 0 saturated carbocycles. The highest BCUT2D eigenvalue weighted by molar-refractivity contribution is 14.1. The van der Waals surface area contributed by atoms with Crippen molar-refractivity contribution < 1.29 is 17.6 Å². The van der Waals surface area contributed by atoms with Crippen molar-refractivity contribution in [3.8, 4) is 0 Å². The van der Waals surface area contributed by atoms with Crippen LogP contribution in [0.3, 0.4) is 0 Å². The Balaban J connectivity index is 1.83. The average molecular weight is 487 g/mol. The Labute approximate surface area is 164 Å². The molecule has 0 atom stereocenters. The molecule has 1 nitrogen and oxygen atoms in total. The smallest absolute Gasteiger partial charge is 0.282 e. The minimum atomic E-state index is -4.36. The van der Waals surface area contributed by atoms with E-state index in [-0.39, 0.29) is 5.82 Å². The van der Waals surface area contributed by atoms with E-state index >= 15 is 0 Å². The summed E-state index contributed by atoms with van der Waals surface area (Å²) in [6.07, 6.45) is -4.36. The largest absolute Gasteiger partial charge is 0.416 e. The molecule has 1 aromatic heterocycles. The van der Waals surface area contributed by atoms with Gasteiger partial charge >= 0.3 is 6.18 Å². The molecule has 0 radical (unpaired) electrons. The summed E-state index contributed by atoms with van der Waals surface area (Å²) in [6.45, 7) is 0. The Kier molecular flexibility index (Phi) is 4.31. The van der Waals surface area contributed by atoms with Crippen LogP contribution in [0.5, 0.6) is 0 Å². The van der Waals surface area contributed by atoms with Crippen molar-refractivity contribution in [3.63, 3.8) is 0 Å². The van der Waals surface area contributed by atoms with Crippen molar-refractivity contribution in [2.24, 2.45) is 0 Å². The van der Waals surface area contributed by atoms with Crippen molar-refractivity contribution in [2.45, 2.75) is 6.18 Å². The van der Waals surface area contributed by atoms with Gasteiger partial charge < -0.3 is 0 Å². The lowest BCUT2D eigenvalue weighted by molar-refractivity contribution is -0.137. The highest BCUT2D eigenvalue weighted by Crippen LogP contribution is 2.43. The first-order chi connectivity index (χ1) is 12.4. The van der Waals surface area contributed by atoms with Gasteiger partial charge in [-0.15, -0.1) is 11.3 Å². The fourth-order valence-corrected chi connectivity index (χ4v) is 4.94. The van der Waals surface area contributed by atoms with Gasteiger partial charge in [0.2, 0.25) is 0 Å². The molecule has 4 rings (SSSR count). The summed E-state index contributed by atoms with van der Waals surface area (Å²) >= 11 is 3.40. The molecule has 0 fully saturated rings. The van der Waals surface area contributed by atoms with E-state index in [9.17, 15) is 17.6 Å². The van der Waals surface area contributed by atoms with E-state index in [1.807, 2.05) is 24.3 Å². The molecule has 0 aliphatic rings. The maximum Gasteiger partial charge on any atom is 0.416 e. The van der Waals surface area contributed by atoms with E-state index in [0.29, 0.717) is 10.4 Å². The van der Waals surface area contributed by atoms with Crippen LogP contribution in [0.1, 0.15) is 5.56 Å². The van der Waals surface area contributed by atoms with Crippen LogP contribution in [0, 0.1) is 5.82 Å². The SMILES string of the molecule is Fc1cccc2c1sc1c(N(I)c3ccc(C(F)(F)F)cc3)cccc12. The molecule has 0 saturated heterocycles. The zero-order valence-electron chi connectivity index (χ0n) is 13.0. The van der Waals surface area contributed by atoms with Crippen molar-refractivity contribution in [1.82, 2.24) is 0 Å². The van der Waals surface area contributed by atoms with E-state index in [0.717, 1.165) is 33.3 Å². The standard InChI is InChI=1S/C19H10F4INS/c20-15-5-1-3-13-14-4-2-6-16(18(14)26-17(13)15)25(24)12-9-7-11(8-10-12)19(21,22)23/h1-10H. The molecule has 0 spiro atoms. The summed E-state index contributed by atoms with van der Waals surface area (Å²) in [5, 5.41) is 1.76. The molecule has 0 N–H and O–H groups in total. The number of benzene rings is 3. The van der Waals surface area contributed by atoms with Crippen LogP contribution in [-0.4, -0.2) is 0 Å². The van der Waals surface area contributed by atoms with Gasteiger partial charge in [0.25, 0.3) is 0 Å². The molecule has 0 bridgehead atoms. The van der Waals surface area contributed by atoms with E-state index in [1.54, 1.807) is 9.18 Å². The first-order valence-electron chi connectivity index (χ1n) is 7.59. The molecule has 0 aliphatic heterocycles. The molecule has 0 amide bonds. The summed E-state index contributed by atoms with van der Waals surface area (Å²) in [7, 11) is 0. The first kappa shape index (κ1) is 17.5. The minimum absolute atomic E-state index is 0.274. The van der Waals surface area contributed by atoms with E-state index in [4.69, 9.17) is 0 Å². The second-order valence-corrected chi connectivity index (χ2v) is 7.68. The van der Waals surface area contributed by atoms with Gasteiger partial charge in [-0.25, -0.2) is 4.39 Å². The molecule has 0 aliphatic carbocycles. The van der Waals surface area contributed by atoms with Gasteiger partial charge in [0.15, 0.2) is 0 Å². The van der Waals surface area contributed by atoms with Gasteiger partial charge in [-0.1, -0.05) is 24.3 Å². The van der Waals surface area contributed by atoms with Crippen LogP contribution < -0.4 is 3.11 Å². The Morgan fingerprint density at radius 1 is 0.808 bits per heavy atom. The van der Waals surface area contributed by atoms with Gasteiger partial charge in [-0.3, -0.25) is 3.11 Å². The van der Waals surface area contributed by atoms with E-state index in [2.05, 4.69) is 22.9 Å². The molecule has 3 aromatic carbocycles. The zero-order valence-corrected chi connectivity index (χ0v) is 16.0. The summed E-state index contributed by atoms with van der Waals surface area (Å²) in [6, 6.07) is 15.6. The van der Waals surface area contributed by atoms with Gasteiger partial charge in [0.1, 0.15) is 5.82 Å². The van der Waals surface area contributed by atoms with Crippen molar-refractivity contribution in [1.29, 1.82) is 0 Å². The van der Waals surface area contributed by atoms with Gasteiger partial charge in [0.05, 0.1) is 49.2 Å². The highest BCUT2D eigenvalue weighted by atomic mass is 127. The molecule has 0 unspecified atom stereocenters. The predicted octanol–water partition coefficient (Wildman–Crippen LogP) is 7.70. The van der Waals surface area contributed by atoms with Crippen LogP contribution in [0.4, 0.5) is 28.9 Å². The number of halogens is 5. The summed E-state index contributed by atoms with van der Waals surface area (Å²) in [5.74, 6) is -0.274. The maximum absolute atomic E-state index is 14.1. The second kappa shape index (κ2) is 6.38. The third kappa shape index (κ3) is 2.92. The Hall–Kier alpha value is -1.87.